The zero-order valence-corrected chi connectivity index (χ0v) is 17.0. The summed E-state index contributed by atoms with van der Waals surface area (Å²) in [6, 6.07) is 7.04. The fourth-order valence-corrected chi connectivity index (χ4v) is 4.24. The summed E-state index contributed by atoms with van der Waals surface area (Å²) in [4.78, 5) is 0. The van der Waals surface area contributed by atoms with E-state index in [1.165, 1.54) is 0 Å². The molecule has 0 unspecified atom stereocenters. The summed E-state index contributed by atoms with van der Waals surface area (Å²) in [6.07, 6.45) is -10.9. The van der Waals surface area contributed by atoms with Crippen molar-refractivity contribution in [1.29, 1.82) is 0 Å². The third kappa shape index (κ3) is 5.25. The summed E-state index contributed by atoms with van der Waals surface area (Å²) in [5, 5.41) is 79.1. The van der Waals surface area contributed by atoms with Crippen LogP contribution in [0.1, 0.15) is 30.1 Å². The molecule has 176 valence electrons. The van der Waals surface area contributed by atoms with Gasteiger partial charge in [0.1, 0.15) is 48.8 Å². The average Bonchev–Trinajstić information content (AvgIpc) is 2.77. The van der Waals surface area contributed by atoms with Gasteiger partial charge < -0.3 is 50.3 Å². The first-order valence-electron chi connectivity index (χ1n) is 10.5. The lowest BCUT2D eigenvalue weighted by molar-refractivity contribution is -0.230. The Morgan fingerprint density at radius 2 is 1.29 bits per heavy atom. The van der Waals surface area contributed by atoms with Gasteiger partial charge in [0.25, 0.3) is 0 Å². The number of hydrogen-bond acceptors (Lipinski definition) is 10. The van der Waals surface area contributed by atoms with Crippen LogP contribution in [0.25, 0.3) is 0 Å². The van der Waals surface area contributed by atoms with Crippen molar-refractivity contribution < 1.29 is 50.3 Å². The minimum absolute atomic E-state index is 0.109. The van der Waals surface area contributed by atoms with Crippen LogP contribution < -0.4 is 0 Å². The molecule has 10 heteroatoms. The normalized spacial score (nSPS) is 41.3. The smallest absolute Gasteiger partial charge is 0.113 e. The van der Waals surface area contributed by atoms with Gasteiger partial charge in [-0.05, 0) is 30.4 Å². The van der Waals surface area contributed by atoms with Crippen LogP contribution in [0.3, 0.4) is 0 Å². The Labute approximate surface area is 179 Å². The van der Waals surface area contributed by atoms with Crippen molar-refractivity contribution >= 4 is 0 Å². The van der Waals surface area contributed by atoms with E-state index in [4.69, 9.17) is 14.6 Å². The zero-order valence-electron chi connectivity index (χ0n) is 17.0. The van der Waals surface area contributed by atoms with Gasteiger partial charge in [0.05, 0.1) is 18.8 Å². The Balaban J connectivity index is 1.69. The van der Waals surface area contributed by atoms with Gasteiger partial charge in [-0.3, -0.25) is 0 Å². The number of hydrogen-bond donors (Lipinski definition) is 8. The second-order valence-corrected chi connectivity index (χ2v) is 8.23. The van der Waals surface area contributed by atoms with Gasteiger partial charge in [-0.1, -0.05) is 24.3 Å². The van der Waals surface area contributed by atoms with E-state index < -0.39 is 67.6 Å². The van der Waals surface area contributed by atoms with Crippen molar-refractivity contribution in [2.45, 2.75) is 80.3 Å². The first-order chi connectivity index (χ1) is 14.8. The van der Waals surface area contributed by atoms with E-state index >= 15 is 0 Å². The van der Waals surface area contributed by atoms with Crippen LogP contribution in [0.2, 0.25) is 0 Å². The van der Waals surface area contributed by atoms with Crippen molar-refractivity contribution in [1.82, 2.24) is 0 Å². The number of rotatable bonds is 7. The number of benzene rings is 1. The molecule has 0 saturated carbocycles. The number of aliphatic hydroxyl groups excluding tert-OH is 8. The summed E-state index contributed by atoms with van der Waals surface area (Å²) in [7, 11) is 0. The maximum atomic E-state index is 10.4. The SMILES string of the molecule is OCC[C@H]1O[C@H](c2cccc(CC[C@H]3O[C@H](CO)[C@@H](O)[C@H](O)[C@@H]3O)c2)[C@@H](O)[C@@H](O)[C@@H]1O. The molecule has 0 bridgehead atoms. The van der Waals surface area contributed by atoms with E-state index in [0.717, 1.165) is 5.56 Å². The first-order valence-corrected chi connectivity index (χ1v) is 10.5. The van der Waals surface area contributed by atoms with E-state index in [9.17, 15) is 35.7 Å². The predicted molar refractivity (Wildman–Crippen MR) is 106 cm³/mol. The topological polar surface area (TPSA) is 180 Å². The van der Waals surface area contributed by atoms with Crippen molar-refractivity contribution in [2.24, 2.45) is 0 Å². The predicted octanol–water partition coefficient (Wildman–Crippen LogP) is -2.63. The van der Waals surface area contributed by atoms with Gasteiger partial charge in [-0.2, -0.15) is 0 Å². The summed E-state index contributed by atoms with van der Waals surface area (Å²) in [5.41, 5.74) is 1.39. The van der Waals surface area contributed by atoms with Gasteiger partial charge >= 0.3 is 0 Å². The standard InChI is InChI=1S/C21H32O10/c22-7-6-13-16(25)19(28)20(29)21(31-13)11-3-1-2-10(8-11)4-5-12-15(24)18(27)17(26)14(9-23)30-12/h1-3,8,12-29H,4-7,9H2/t12-,13-,14-,15-,16-,17-,18-,19+,20+,21-/m1/s1. The highest BCUT2D eigenvalue weighted by Crippen LogP contribution is 2.34. The maximum Gasteiger partial charge on any atom is 0.113 e. The molecule has 8 N–H and O–H groups in total. The van der Waals surface area contributed by atoms with Crippen molar-refractivity contribution in [3.05, 3.63) is 35.4 Å². The Morgan fingerprint density at radius 1 is 0.677 bits per heavy atom. The molecule has 10 nitrogen and oxygen atoms in total. The minimum atomic E-state index is -1.43. The fraction of sp³-hybridized carbons (Fsp3) is 0.714. The summed E-state index contributed by atoms with van der Waals surface area (Å²) in [6.45, 7) is -0.729. The lowest BCUT2D eigenvalue weighted by Crippen LogP contribution is -2.58. The zero-order chi connectivity index (χ0) is 22.7. The lowest BCUT2D eigenvalue weighted by Gasteiger charge is -2.41. The molecule has 0 amide bonds. The van der Waals surface area contributed by atoms with E-state index in [1.54, 1.807) is 18.2 Å². The highest BCUT2D eigenvalue weighted by atomic mass is 16.5. The molecular formula is C21H32O10. The molecule has 2 fully saturated rings. The molecule has 2 aliphatic heterocycles. The number of aliphatic hydroxyl groups is 8. The Morgan fingerprint density at radius 3 is 1.94 bits per heavy atom. The van der Waals surface area contributed by atoms with Crippen LogP contribution in [-0.4, -0.2) is 109 Å². The highest BCUT2D eigenvalue weighted by Gasteiger charge is 2.44. The van der Waals surface area contributed by atoms with Gasteiger partial charge in [-0.15, -0.1) is 0 Å². The van der Waals surface area contributed by atoms with Crippen LogP contribution in [0.15, 0.2) is 24.3 Å². The molecule has 3 rings (SSSR count). The van der Waals surface area contributed by atoms with Crippen molar-refractivity contribution in [3.63, 3.8) is 0 Å². The Kier molecular flexibility index (Phi) is 8.38. The van der Waals surface area contributed by atoms with Crippen LogP contribution in [0.4, 0.5) is 0 Å². The molecule has 0 aromatic heterocycles. The fourth-order valence-electron chi connectivity index (χ4n) is 4.24. The number of aryl methyl sites for hydroxylation is 1. The summed E-state index contributed by atoms with van der Waals surface area (Å²) < 4.78 is 11.3. The highest BCUT2D eigenvalue weighted by molar-refractivity contribution is 5.27. The van der Waals surface area contributed by atoms with E-state index in [-0.39, 0.29) is 13.0 Å². The molecule has 2 aliphatic rings. The molecule has 0 aliphatic carbocycles. The molecule has 10 atom stereocenters. The molecule has 0 spiro atoms. The van der Waals surface area contributed by atoms with E-state index in [1.807, 2.05) is 6.07 Å². The monoisotopic (exact) mass is 444 g/mol. The van der Waals surface area contributed by atoms with Crippen LogP contribution >= 0.6 is 0 Å². The minimum Gasteiger partial charge on any atom is -0.396 e. The van der Waals surface area contributed by atoms with Crippen LogP contribution in [0.5, 0.6) is 0 Å². The maximum absolute atomic E-state index is 10.4. The quantitative estimate of drug-likeness (QED) is 0.222. The molecule has 0 radical (unpaired) electrons. The molecule has 2 heterocycles. The van der Waals surface area contributed by atoms with Crippen molar-refractivity contribution in [2.75, 3.05) is 13.2 Å². The molecule has 1 aromatic carbocycles. The second kappa shape index (κ2) is 10.6. The Hall–Kier alpha value is -1.18. The van der Waals surface area contributed by atoms with Gasteiger partial charge in [0, 0.05) is 6.61 Å². The van der Waals surface area contributed by atoms with Gasteiger partial charge in [0.2, 0.25) is 0 Å². The molecule has 31 heavy (non-hydrogen) atoms. The largest absolute Gasteiger partial charge is 0.396 e. The molecule has 2 saturated heterocycles. The van der Waals surface area contributed by atoms with Crippen LogP contribution in [0, 0.1) is 0 Å². The molecule has 1 aromatic rings. The first kappa shape index (κ1) is 24.5. The lowest BCUT2D eigenvalue weighted by atomic mass is 9.88. The van der Waals surface area contributed by atoms with Gasteiger partial charge in [0.15, 0.2) is 0 Å². The average molecular weight is 444 g/mol. The third-order valence-electron chi connectivity index (χ3n) is 6.11. The van der Waals surface area contributed by atoms with Crippen LogP contribution in [-0.2, 0) is 15.9 Å². The Bertz CT molecular complexity index is 700. The van der Waals surface area contributed by atoms with Crippen molar-refractivity contribution in [3.8, 4) is 0 Å². The van der Waals surface area contributed by atoms with E-state index in [0.29, 0.717) is 18.4 Å². The van der Waals surface area contributed by atoms with Gasteiger partial charge in [-0.25, -0.2) is 0 Å². The van der Waals surface area contributed by atoms with E-state index in [2.05, 4.69) is 0 Å². The number of ether oxygens (including phenoxy) is 2. The molecular weight excluding hydrogens is 412 g/mol. The third-order valence-corrected chi connectivity index (χ3v) is 6.11. The summed E-state index contributed by atoms with van der Waals surface area (Å²) >= 11 is 0. The summed E-state index contributed by atoms with van der Waals surface area (Å²) in [5.74, 6) is 0. The second-order valence-electron chi connectivity index (χ2n) is 8.23.